The lowest BCUT2D eigenvalue weighted by Gasteiger charge is -2.33. The Labute approximate surface area is 108 Å². The molecule has 1 aromatic rings. The topological polar surface area (TPSA) is 44.1 Å². The molecule has 0 N–H and O–H groups in total. The summed E-state index contributed by atoms with van der Waals surface area (Å²) in [4.78, 5) is 13.8. The van der Waals surface area contributed by atoms with E-state index in [1.807, 2.05) is 49.9 Å². The molecule has 1 atom stereocenters. The molecule has 3 heteroatoms. The molecule has 1 fully saturated rings. The minimum absolute atomic E-state index is 0.0760. The number of hydrogen-bond donors (Lipinski definition) is 0. The summed E-state index contributed by atoms with van der Waals surface area (Å²) in [5.74, 6) is -0.137. The van der Waals surface area contributed by atoms with Crippen molar-refractivity contribution in [3.8, 4) is 6.07 Å². The summed E-state index contributed by atoms with van der Waals surface area (Å²) in [5, 5.41) is 9.11. The second kappa shape index (κ2) is 4.45. The Bertz CT molecular complexity index is 496. The fourth-order valence-corrected chi connectivity index (χ4v) is 2.42. The van der Waals surface area contributed by atoms with Gasteiger partial charge in [-0.3, -0.25) is 4.79 Å². The Hall–Kier alpha value is -1.82. The van der Waals surface area contributed by atoms with Crippen LogP contribution in [0.1, 0.15) is 31.4 Å². The Morgan fingerprint density at radius 2 is 2.00 bits per heavy atom. The molecule has 18 heavy (non-hydrogen) atoms. The molecule has 1 aliphatic rings. The number of carbonyl (C=O) groups is 1. The molecule has 1 amide bonds. The van der Waals surface area contributed by atoms with Gasteiger partial charge in [-0.15, -0.1) is 0 Å². The molecule has 1 saturated heterocycles. The summed E-state index contributed by atoms with van der Waals surface area (Å²) in [6.07, 6.45) is 0.343. The third-order valence-electron chi connectivity index (χ3n) is 3.85. The summed E-state index contributed by atoms with van der Waals surface area (Å²) >= 11 is 0. The number of amides is 1. The van der Waals surface area contributed by atoms with Crippen LogP contribution in [0, 0.1) is 24.2 Å². The minimum Gasteiger partial charge on any atom is -0.332 e. The van der Waals surface area contributed by atoms with Crippen molar-refractivity contribution >= 4 is 5.91 Å². The van der Waals surface area contributed by atoms with E-state index in [2.05, 4.69) is 6.07 Å². The number of aryl methyl sites for hydroxylation is 1. The lowest BCUT2D eigenvalue weighted by Crippen LogP contribution is -2.43. The van der Waals surface area contributed by atoms with E-state index >= 15 is 0 Å². The first-order valence-corrected chi connectivity index (χ1v) is 6.21. The fraction of sp³-hybridized carbons (Fsp3) is 0.467. The largest absolute Gasteiger partial charge is 0.332 e. The lowest BCUT2D eigenvalue weighted by molar-refractivity contribution is -0.131. The van der Waals surface area contributed by atoms with E-state index in [0.29, 0.717) is 13.0 Å². The summed E-state index contributed by atoms with van der Waals surface area (Å²) in [6, 6.07) is 10.4. The zero-order valence-corrected chi connectivity index (χ0v) is 11.1. The third kappa shape index (κ3) is 2.11. The van der Waals surface area contributed by atoms with Gasteiger partial charge in [0.05, 0.1) is 17.5 Å². The molecule has 94 valence electrons. The highest BCUT2D eigenvalue weighted by atomic mass is 16.2. The van der Waals surface area contributed by atoms with Gasteiger partial charge in [0.15, 0.2) is 0 Å². The quantitative estimate of drug-likeness (QED) is 0.800. The van der Waals surface area contributed by atoms with Crippen LogP contribution in [-0.2, 0) is 11.3 Å². The zero-order chi connectivity index (χ0) is 13.3. The van der Waals surface area contributed by atoms with Crippen LogP contribution in [0.2, 0.25) is 0 Å². The van der Waals surface area contributed by atoms with Gasteiger partial charge in [-0.05, 0) is 26.3 Å². The van der Waals surface area contributed by atoms with Crippen molar-refractivity contribution in [3.63, 3.8) is 0 Å². The van der Waals surface area contributed by atoms with Gasteiger partial charge in [0.1, 0.15) is 0 Å². The zero-order valence-electron chi connectivity index (χ0n) is 11.1. The maximum Gasteiger partial charge on any atom is 0.224 e. The molecule has 1 heterocycles. The van der Waals surface area contributed by atoms with E-state index in [1.165, 1.54) is 5.56 Å². The van der Waals surface area contributed by atoms with E-state index in [0.717, 1.165) is 5.56 Å². The Balaban J connectivity index is 2.21. The smallest absolute Gasteiger partial charge is 0.224 e. The molecule has 1 unspecified atom stereocenters. The molecule has 1 aliphatic heterocycles. The SMILES string of the molecule is Cc1ccc(CN2C(=O)CC(C#N)C2(C)C)cc1. The summed E-state index contributed by atoms with van der Waals surface area (Å²) < 4.78 is 0. The first-order chi connectivity index (χ1) is 8.45. The Morgan fingerprint density at radius 1 is 1.39 bits per heavy atom. The van der Waals surface area contributed by atoms with Crippen molar-refractivity contribution in [2.75, 3.05) is 0 Å². The van der Waals surface area contributed by atoms with Gasteiger partial charge in [0.25, 0.3) is 0 Å². The van der Waals surface area contributed by atoms with Crippen LogP contribution < -0.4 is 0 Å². The molecular formula is C15H18N2O. The molecule has 3 nitrogen and oxygen atoms in total. The first-order valence-electron chi connectivity index (χ1n) is 6.21. The minimum atomic E-state index is -0.378. The van der Waals surface area contributed by atoms with Crippen LogP contribution in [0.15, 0.2) is 24.3 Å². The molecule has 2 rings (SSSR count). The monoisotopic (exact) mass is 242 g/mol. The van der Waals surface area contributed by atoms with Gasteiger partial charge in [0.2, 0.25) is 5.91 Å². The molecular weight excluding hydrogens is 224 g/mol. The van der Waals surface area contributed by atoms with Crippen LogP contribution in [0.3, 0.4) is 0 Å². The van der Waals surface area contributed by atoms with E-state index in [1.54, 1.807) is 0 Å². The third-order valence-corrected chi connectivity index (χ3v) is 3.85. The van der Waals surface area contributed by atoms with Crippen molar-refractivity contribution < 1.29 is 4.79 Å². The maximum absolute atomic E-state index is 12.0. The van der Waals surface area contributed by atoms with Crippen molar-refractivity contribution in [3.05, 3.63) is 35.4 Å². The molecule has 0 aromatic heterocycles. The molecule has 0 radical (unpaired) electrons. The van der Waals surface area contributed by atoms with Gasteiger partial charge in [-0.2, -0.15) is 5.26 Å². The maximum atomic E-state index is 12.0. The highest BCUT2D eigenvalue weighted by Gasteiger charge is 2.46. The number of likely N-dealkylation sites (tertiary alicyclic amines) is 1. The van der Waals surface area contributed by atoms with Gasteiger partial charge in [-0.1, -0.05) is 29.8 Å². The van der Waals surface area contributed by atoms with Crippen LogP contribution in [-0.4, -0.2) is 16.3 Å². The van der Waals surface area contributed by atoms with Gasteiger partial charge in [-0.25, -0.2) is 0 Å². The predicted octanol–water partition coefficient (Wildman–Crippen LogP) is 2.65. The second-order valence-electron chi connectivity index (χ2n) is 5.50. The van der Waals surface area contributed by atoms with Gasteiger partial charge in [0, 0.05) is 13.0 Å². The number of benzene rings is 1. The number of hydrogen-bond acceptors (Lipinski definition) is 2. The fourth-order valence-electron chi connectivity index (χ4n) is 2.42. The summed E-state index contributed by atoms with van der Waals surface area (Å²) in [6.45, 7) is 6.57. The Morgan fingerprint density at radius 3 is 2.50 bits per heavy atom. The van der Waals surface area contributed by atoms with E-state index in [4.69, 9.17) is 5.26 Å². The standard InChI is InChI=1S/C15H18N2O/c1-11-4-6-12(7-5-11)10-17-14(18)8-13(9-16)15(17,2)3/h4-7,13H,8,10H2,1-3H3. The van der Waals surface area contributed by atoms with Crippen LogP contribution in [0.25, 0.3) is 0 Å². The van der Waals surface area contributed by atoms with Crippen molar-refractivity contribution in [1.29, 1.82) is 5.26 Å². The highest BCUT2D eigenvalue weighted by Crippen LogP contribution is 2.36. The molecule has 1 aromatic carbocycles. The lowest BCUT2D eigenvalue weighted by atomic mass is 9.89. The van der Waals surface area contributed by atoms with Gasteiger partial charge >= 0.3 is 0 Å². The second-order valence-corrected chi connectivity index (χ2v) is 5.50. The van der Waals surface area contributed by atoms with E-state index in [-0.39, 0.29) is 17.4 Å². The number of carbonyl (C=O) groups excluding carboxylic acids is 1. The molecule has 0 saturated carbocycles. The number of nitrogens with zero attached hydrogens (tertiary/aromatic N) is 2. The molecule has 0 aliphatic carbocycles. The van der Waals surface area contributed by atoms with E-state index < -0.39 is 0 Å². The average molecular weight is 242 g/mol. The van der Waals surface area contributed by atoms with Crippen LogP contribution in [0.4, 0.5) is 0 Å². The average Bonchev–Trinajstić information content (AvgIpc) is 2.54. The molecule has 0 spiro atoms. The molecule has 0 bridgehead atoms. The first kappa shape index (κ1) is 12.6. The summed E-state index contributed by atoms with van der Waals surface area (Å²) in [7, 11) is 0. The number of nitriles is 1. The van der Waals surface area contributed by atoms with Crippen LogP contribution >= 0.6 is 0 Å². The van der Waals surface area contributed by atoms with E-state index in [9.17, 15) is 4.79 Å². The Kier molecular flexibility index (Phi) is 3.13. The number of rotatable bonds is 2. The van der Waals surface area contributed by atoms with Crippen molar-refractivity contribution in [2.45, 2.75) is 39.3 Å². The summed E-state index contributed by atoms with van der Waals surface area (Å²) in [5.41, 5.74) is 1.94. The normalized spacial score (nSPS) is 22.0. The van der Waals surface area contributed by atoms with Crippen molar-refractivity contribution in [1.82, 2.24) is 4.90 Å². The predicted molar refractivity (Wildman–Crippen MR) is 69.5 cm³/mol. The van der Waals surface area contributed by atoms with Crippen molar-refractivity contribution in [2.24, 2.45) is 5.92 Å². The van der Waals surface area contributed by atoms with Gasteiger partial charge < -0.3 is 4.90 Å². The highest BCUT2D eigenvalue weighted by molar-refractivity contribution is 5.80. The van der Waals surface area contributed by atoms with Crippen LogP contribution in [0.5, 0.6) is 0 Å².